The summed E-state index contributed by atoms with van der Waals surface area (Å²) < 4.78 is 27.2. The highest BCUT2D eigenvalue weighted by atomic mass is 32.2. The fourth-order valence-electron chi connectivity index (χ4n) is 3.20. The van der Waals surface area contributed by atoms with E-state index in [2.05, 4.69) is 11.1 Å². The molecular formula is C19H22N4O3S. The van der Waals surface area contributed by atoms with Gasteiger partial charge < -0.3 is 5.11 Å². The minimum atomic E-state index is -3.59. The molecule has 1 aliphatic heterocycles. The average molecular weight is 386 g/mol. The Morgan fingerprint density at radius 2 is 2.04 bits per heavy atom. The number of aliphatic hydroxyl groups is 1. The highest BCUT2D eigenvalue weighted by molar-refractivity contribution is 7.89. The van der Waals surface area contributed by atoms with Gasteiger partial charge in [0.2, 0.25) is 10.0 Å². The van der Waals surface area contributed by atoms with Gasteiger partial charge in [-0.25, -0.2) is 8.42 Å². The van der Waals surface area contributed by atoms with Gasteiger partial charge in [-0.15, -0.1) is 0 Å². The Balaban J connectivity index is 1.75. The molecule has 1 aromatic heterocycles. The van der Waals surface area contributed by atoms with Gasteiger partial charge in [0, 0.05) is 37.4 Å². The molecule has 1 aliphatic rings. The van der Waals surface area contributed by atoms with Crippen LogP contribution in [0.1, 0.15) is 12.0 Å². The molecule has 0 spiro atoms. The third-order valence-corrected chi connectivity index (χ3v) is 6.73. The molecule has 2 aromatic rings. The van der Waals surface area contributed by atoms with Crippen molar-refractivity contribution >= 4 is 10.0 Å². The van der Waals surface area contributed by atoms with Crippen molar-refractivity contribution in [3.05, 3.63) is 48.2 Å². The molecule has 0 radical (unpaired) electrons. The lowest BCUT2D eigenvalue weighted by molar-refractivity contribution is 0.184. The fourth-order valence-corrected chi connectivity index (χ4v) is 4.64. The van der Waals surface area contributed by atoms with Crippen molar-refractivity contribution in [2.75, 3.05) is 33.3 Å². The fraction of sp³-hybridized carbons (Fsp3) is 0.368. The van der Waals surface area contributed by atoms with E-state index in [0.29, 0.717) is 30.9 Å². The SMILES string of the molecule is CN(CCO)C1CCN(S(=O)(=O)c2ccc(-c3ccc(C#N)cc3)nc2)C1. The zero-order valence-electron chi connectivity index (χ0n) is 15.1. The van der Waals surface area contributed by atoms with Gasteiger partial charge in [-0.3, -0.25) is 9.88 Å². The van der Waals surface area contributed by atoms with E-state index in [4.69, 9.17) is 10.4 Å². The van der Waals surface area contributed by atoms with Crippen molar-refractivity contribution in [3.8, 4) is 17.3 Å². The standard InChI is InChI=1S/C19H22N4O3S/c1-22(10-11-24)17-8-9-23(14-17)27(25,26)18-6-7-19(21-13-18)16-4-2-15(12-20)3-5-16/h2-7,13,17,24H,8-11,14H2,1H3. The number of hydrogen-bond donors (Lipinski definition) is 1. The Hall–Kier alpha value is -2.31. The maximum absolute atomic E-state index is 12.9. The first-order valence-electron chi connectivity index (χ1n) is 8.73. The molecule has 1 unspecified atom stereocenters. The predicted octanol–water partition coefficient (Wildman–Crippen LogP) is 1.31. The molecule has 8 heteroatoms. The van der Waals surface area contributed by atoms with Crippen molar-refractivity contribution < 1.29 is 13.5 Å². The minimum absolute atomic E-state index is 0.0560. The second-order valence-electron chi connectivity index (χ2n) is 6.58. The van der Waals surface area contributed by atoms with E-state index in [-0.39, 0.29) is 17.5 Å². The third-order valence-electron chi connectivity index (χ3n) is 4.89. The number of sulfonamides is 1. The van der Waals surface area contributed by atoms with Gasteiger partial charge in [0.05, 0.1) is 23.9 Å². The first-order chi connectivity index (χ1) is 13.0. The van der Waals surface area contributed by atoms with E-state index < -0.39 is 10.0 Å². The van der Waals surface area contributed by atoms with Gasteiger partial charge in [-0.05, 0) is 37.7 Å². The first-order valence-corrected chi connectivity index (χ1v) is 10.2. The summed E-state index contributed by atoms with van der Waals surface area (Å²) in [5.41, 5.74) is 2.04. The van der Waals surface area contributed by atoms with Crippen LogP contribution in [-0.4, -0.2) is 67.0 Å². The summed E-state index contributed by atoms with van der Waals surface area (Å²) in [6.45, 7) is 1.45. The van der Waals surface area contributed by atoms with Crippen LogP contribution in [0.3, 0.4) is 0 Å². The van der Waals surface area contributed by atoms with Gasteiger partial charge >= 0.3 is 0 Å². The van der Waals surface area contributed by atoms with Crippen LogP contribution in [0.25, 0.3) is 11.3 Å². The van der Waals surface area contributed by atoms with Crippen LogP contribution in [0.4, 0.5) is 0 Å². The maximum Gasteiger partial charge on any atom is 0.244 e. The smallest absolute Gasteiger partial charge is 0.244 e. The molecule has 142 valence electrons. The van der Waals surface area contributed by atoms with Crippen LogP contribution in [0.5, 0.6) is 0 Å². The Kier molecular flexibility index (Phi) is 5.87. The molecule has 7 nitrogen and oxygen atoms in total. The molecule has 1 saturated heterocycles. The van der Waals surface area contributed by atoms with Gasteiger partial charge in [-0.1, -0.05) is 12.1 Å². The van der Waals surface area contributed by atoms with Crippen molar-refractivity contribution in [2.24, 2.45) is 0 Å². The second-order valence-corrected chi connectivity index (χ2v) is 8.52. The minimum Gasteiger partial charge on any atom is -0.395 e. The molecule has 0 bridgehead atoms. The molecule has 0 saturated carbocycles. The molecule has 2 heterocycles. The third kappa shape index (κ3) is 4.17. The number of benzene rings is 1. The average Bonchev–Trinajstić information content (AvgIpc) is 3.20. The highest BCUT2D eigenvalue weighted by Gasteiger charge is 2.34. The number of nitriles is 1. The van der Waals surface area contributed by atoms with Crippen LogP contribution in [-0.2, 0) is 10.0 Å². The van der Waals surface area contributed by atoms with Crippen molar-refractivity contribution in [3.63, 3.8) is 0 Å². The molecule has 0 amide bonds. The number of aromatic nitrogens is 1. The number of rotatable bonds is 6. The second kappa shape index (κ2) is 8.15. The topological polar surface area (TPSA) is 97.5 Å². The summed E-state index contributed by atoms with van der Waals surface area (Å²) in [6.07, 6.45) is 2.13. The molecule has 0 aliphatic carbocycles. The van der Waals surface area contributed by atoms with Gasteiger partial charge in [-0.2, -0.15) is 9.57 Å². The van der Waals surface area contributed by atoms with E-state index in [9.17, 15) is 8.42 Å². The number of nitrogens with zero attached hydrogens (tertiary/aromatic N) is 4. The summed E-state index contributed by atoms with van der Waals surface area (Å²) in [5.74, 6) is 0. The van der Waals surface area contributed by atoms with E-state index in [1.165, 1.54) is 10.5 Å². The van der Waals surface area contributed by atoms with Crippen LogP contribution in [0.15, 0.2) is 47.5 Å². The normalized spacial score (nSPS) is 17.9. The summed E-state index contributed by atoms with van der Waals surface area (Å²) in [4.78, 5) is 6.45. The number of pyridine rings is 1. The van der Waals surface area contributed by atoms with Gasteiger partial charge in [0.25, 0.3) is 0 Å². The summed E-state index contributed by atoms with van der Waals surface area (Å²) in [7, 11) is -1.70. The van der Waals surface area contributed by atoms with Crippen LogP contribution in [0, 0.1) is 11.3 Å². The molecule has 1 aromatic carbocycles. The highest BCUT2D eigenvalue weighted by Crippen LogP contribution is 2.24. The lowest BCUT2D eigenvalue weighted by atomic mass is 10.1. The predicted molar refractivity (Wildman–Crippen MR) is 101 cm³/mol. The first kappa shape index (κ1) is 19.5. The Bertz CT molecular complexity index is 921. The lowest BCUT2D eigenvalue weighted by Crippen LogP contribution is -2.37. The molecule has 3 rings (SSSR count). The zero-order valence-corrected chi connectivity index (χ0v) is 15.9. The van der Waals surface area contributed by atoms with Gasteiger partial charge in [0.15, 0.2) is 0 Å². The quantitative estimate of drug-likeness (QED) is 0.804. The monoisotopic (exact) mass is 386 g/mol. The lowest BCUT2D eigenvalue weighted by Gasteiger charge is -2.23. The van der Waals surface area contributed by atoms with Crippen LogP contribution in [0.2, 0.25) is 0 Å². The molecule has 1 fully saturated rings. The zero-order chi connectivity index (χ0) is 19.4. The summed E-state index contributed by atoms with van der Waals surface area (Å²) in [5, 5.41) is 17.9. The van der Waals surface area contributed by atoms with Gasteiger partial charge in [0.1, 0.15) is 4.90 Å². The van der Waals surface area contributed by atoms with Crippen molar-refractivity contribution in [2.45, 2.75) is 17.4 Å². The van der Waals surface area contributed by atoms with Crippen LogP contribution < -0.4 is 0 Å². The molecule has 27 heavy (non-hydrogen) atoms. The summed E-state index contributed by atoms with van der Waals surface area (Å²) >= 11 is 0. The van der Waals surface area contributed by atoms with Crippen LogP contribution >= 0.6 is 0 Å². The van der Waals surface area contributed by atoms with E-state index >= 15 is 0 Å². The van der Waals surface area contributed by atoms with E-state index in [0.717, 1.165) is 12.0 Å². The van der Waals surface area contributed by atoms with E-state index in [1.807, 2.05) is 11.9 Å². The Morgan fingerprint density at radius 3 is 2.63 bits per heavy atom. The maximum atomic E-state index is 12.9. The Labute approximate surface area is 159 Å². The largest absolute Gasteiger partial charge is 0.395 e. The van der Waals surface area contributed by atoms with E-state index in [1.54, 1.807) is 36.4 Å². The molecule has 1 atom stereocenters. The number of aliphatic hydroxyl groups excluding tert-OH is 1. The molecule has 1 N–H and O–H groups in total. The van der Waals surface area contributed by atoms with Crippen molar-refractivity contribution in [1.29, 1.82) is 5.26 Å². The summed E-state index contributed by atoms with van der Waals surface area (Å²) in [6, 6.07) is 12.4. The molecular weight excluding hydrogens is 364 g/mol. The Morgan fingerprint density at radius 1 is 1.30 bits per heavy atom. The number of likely N-dealkylation sites (N-methyl/N-ethyl adjacent to an activating group) is 1. The van der Waals surface area contributed by atoms with Crippen molar-refractivity contribution in [1.82, 2.24) is 14.2 Å². The number of hydrogen-bond acceptors (Lipinski definition) is 6.